The van der Waals surface area contributed by atoms with Gasteiger partial charge in [0.2, 0.25) is 5.95 Å². The first-order chi connectivity index (χ1) is 6.26. The zero-order valence-electron chi connectivity index (χ0n) is 7.44. The highest BCUT2D eigenvalue weighted by molar-refractivity contribution is 5.25. The molecular weight excluding hydrogens is 170 g/mol. The van der Waals surface area contributed by atoms with E-state index in [2.05, 4.69) is 15.3 Å². The largest absolute Gasteiger partial charge is 0.394 e. The Labute approximate surface area is 76.5 Å². The number of hydrogen-bond acceptors (Lipinski definition) is 5. The van der Waals surface area contributed by atoms with Gasteiger partial charge in [-0.15, -0.1) is 0 Å². The van der Waals surface area contributed by atoms with Crippen LogP contribution in [0, 0.1) is 6.92 Å². The quantitative estimate of drug-likeness (QED) is 0.589. The summed E-state index contributed by atoms with van der Waals surface area (Å²) in [6, 6.07) is -0.400. The minimum absolute atomic E-state index is 0.145. The topological polar surface area (TPSA) is 78.3 Å². The highest BCUT2D eigenvalue weighted by atomic mass is 16.3. The number of aliphatic hydroxyl groups is 2. The second-order valence-electron chi connectivity index (χ2n) is 2.79. The molecule has 1 aromatic rings. The highest BCUT2D eigenvalue weighted by Gasteiger charge is 2.05. The number of anilines is 1. The van der Waals surface area contributed by atoms with E-state index in [1.54, 1.807) is 12.4 Å². The van der Waals surface area contributed by atoms with Gasteiger partial charge in [-0.1, -0.05) is 0 Å². The van der Waals surface area contributed by atoms with Crippen LogP contribution in [-0.2, 0) is 0 Å². The summed E-state index contributed by atoms with van der Waals surface area (Å²) >= 11 is 0. The Kier molecular flexibility index (Phi) is 3.60. The van der Waals surface area contributed by atoms with Crippen molar-refractivity contribution in [2.75, 3.05) is 18.5 Å². The fourth-order valence-electron chi connectivity index (χ4n) is 0.799. The Balaban J connectivity index is 2.58. The van der Waals surface area contributed by atoms with Crippen LogP contribution in [0.3, 0.4) is 0 Å². The van der Waals surface area contributed by atoms with Crippen LogP contribution in [0.2, 0.25) is 0 Å². The second kappa shape index (κ2) is 4.74. The minimum Gasteiger partial charge on any atom is -0.394 e. The second-order valence-corrected chi connectivity index (χ2v) is 2.79. The Bertz CT molecular complexity index is 246. The van der Waals surface area contributed by atoms with E-state index < -0.39 is 6.04 Å². The van der Waals surface area contributed by atoms with Crippen molar-refractivity contribution in [2.45, 2.75) is 13.0 Å². The van der Waals surface area contributed by atoms with Gasteiger partial charge in [0.25, 0.3) is 0 Å². The lowest BCUT2D eigenvalue weighted by atomic mass is 10.3. The lowest BCUT2D eigenvalue weighted by Crippen LogP contribution is -2.28. The third-order valence-electron chi connectivity index (χ3n) is 1.55. The lowest BCUT2D eigenvalue weighted by Gasteiger charge is -2.12. The summed E-state index contributed by atoms with van der Waals surface area (Å²) in [7, 11) is 0. The Hall–Kier alpha value is -1.20. The summed E-state index contributed by atoms with van der Waals surface area (Å²) in [5, 5.41) is 20.3. The van der Waals surface area contributed by atoms with Crippen molar-refractivity contribution in [3.8, 4) is 0 Å². The maximum atomic E-state index is 8.76. The molecule has 0 aliphatic carbocycles. The van der Waals surface area contributed by atoms with Crippen LogP contribution >= 0.6 is 0 Å². The van der Waals surface area contributed by atoms with Crippen LogP contribution in [0.5, 0.6) is 0 Å². The van der Waals surface area contributed by atoms with Crippen molar-refractivity contribution in [3.63, 3.8) is 0 Å². The van der Waals surface area contributed by atoms with Crippen LogP contribution in [0.15, 0.2) is 12.4 Å². The molecule has 1 rings (SSSR count). The van der Waals surface area contributed by atoms with Gasteiger partial charge in [-0.3, -0.25) is 0 Å². The third-order valence-corrected chi connectivity index (χ3v) is 1.55. The van der Waals surface area contributed by atoms with Gasteiger partial charge in [0.05, 0.1) is 19.3 Å². The van der Waals surface area contributed by atoms with Gasteiger partial charge < -0.3 is 15.5 Å². The summed E-state index contributed by atoms with van der Waals surface area (Å²) in [4.78, 5) is 7.94. The van der Waals surface area contributed by atoms with Crippen LogP contribution in [0.1, 0.15) is 5.56 Å². The van der Waals surface area contributed by atoms with Crippen molar-refractivity contribution in [1.29, 1.82) is 0 Å². The Morgan fingerprint density at radius 1 is 1.31 bits per heavy atom. The smallest absolute Gasteiger partial charge is 0.222 e. The Morgan fingerprint density at radius 2 is 1.85 bits per heavy atom. The molecule has 0 radical (unpaired) electrons. The molecule has 1 aromatic heterocycles. The van der Waals surface area contributed by atoms with Gasteiger partial charge in [-0.25, -0.2) is 9.97 Å². The number of aryl methyl sites for hydroxylation is 1. The number of aliphatic hydroxyl groups excluding tert-OH is 2. The summed E-state index contributed by atoms with van der Waals surface area (Å²) in [5.41, 5.74) is 0.968. The predicted molar refractivity (Wildman–Crippen MR) is 48.4 cm³/mol. The maximum absolute atomic E-state index is 8.76. The zero-order valence-corrected chi connectivity index (χ0v) is 7.44. The van der Waals surface area contributed by atoms with E-state index in [1.807, 2.05) is 6.92 Å². The molecule has 0 aliphatic heterocycles. The Morgan fingerprint density at radius 3 is 2.31 bits per heavy atom. The van der Waals surface area contributed by atoms with Crippen molar-refractivity contribution < 1.29 is 10.2 Å². The molecule has 0 atom stereocenters. The summed E-state index contributed by atoms with van der Waals surface area (Å²) in [5.74, 6) is 0.415. The average molecular weight is 183 g/mol. The number of nitrogens with zero attached hydrogens (tertiary/aromatic N) is 2. The first-order valence-electron chi connectivity index (χ1n) is 4.03. The van der Waals surface area contributed by atoms with E-state index in [0.717, 1.165) is 5.56 Å². The molecule has 1 heterocycles. The molecule has 0 fully saturated rings. The molecule has 0 amide bonds. The lowest BCUT2D eigenvalue weighted by molar-refractivity contribution is 0.203. The van der Waals surface area contributed by atoms with Gasteiger partial charge in [0.15, 0.2) is 0 Å². The van der Waals surface area contributed by atoms with Crippen molar-refractivity contribution in [2.24, 2.45) is 0 Å². The number of hydrogen-bond donors (Lipinski definition) is 3. The molecular formula is C8H13N3O2. The van der Waals surface area contributed by atoms with Gasteiger partial charge >= 0.3 is 0 Å². The van der Waals surface area contributed by atoms with Gasteiger partial charge in [-0.05, 0) is 12.5 Å². The van der Waals surface area contributed by atoms with Crippen molar-refractivity contribution >= 4 is 5.95 Å². The third kappa shape index (κ3) is 2.96. The van der Waals surface area contributed by atoms with Crippen LogP contribution < -0.4 is 5.32 Å². The molecule has 0 aromatic carbocycles. The van der Waals surface area contributed by atoms with Crippen LogP contribution in [0.25, 0.3) is 0 Å². The minimum atomic E-state index is -0.400. The maximum Gasteiger partial charge on any atom is 0.222 e. The average Bonchev–Trinajstić information content (AvgIpc) is 2.17. The molecule has 13 heavy (non-hydrogen) atoms. The van der Waals surface area contributed by atoms with E-state index in [1.165, 1.54) is 0 Å². The predicted octanol–water partition coefficient (Wildman–Crippen LogP) is -0.450. The first-order valence-corrected chi connectivity index (χ1v) is 4.03. The molecule has 0 saturated heterocycles. The molecule has 0 aliphatic rings. The monoisotopic (exact) mass is 183 g/mol. The molecule has 5 heteroatoms. The molecule has 0 spiro atoms. The summed E-state index contributed by atoms with van der Waals surface area (Å²) in [6.45, 7) is 1.60. The fraction of sp³-hybridized carbons (Fsp3) is 0.500. The van der Waals surface area contributed by atoms with E-state index in [-0.39, 0.29) is 13.2 Å². The van der Waals surface area contributed by atoms with E-state index in [9.17, 15) is 0 Å². The van der Waals surface area contributed by atoms with E-state index >= 15 is 0 Å². The summed E-state index contributed by atoms with van der Waals surface area (Å²) < 4.78 is 0. The van der Waals surface area contributed by atoms with E-state index in [4.69, 9.17) is 10.2 Å². The number of nitrogens with one attached hydrogen (secondary N) is 1. The first kappa shape index (κ1) is 9.88. The molecule has 0 saturated carbocycles. The summed E-state index contributed by atoms with van der Waals surface area (Å²) in [6.07, 6.45) is 3.34. The van der Waals surface area contributed by atoms with Gasteiger partial charge in [-0.2, -0.15) is 0 Å². The molecule has 5 nitrogen and oxygen atoms in total. The van der Waals surface area contributed by atoms with Crippen molar-refractivity contribution in [3.05, 3.63) is 18.0 Å². The highest BCUT2D eigenvalue weighted by Crippen LogP contribution is 2.00. The van der Waals surface area contributed by atoms with Crippen molar-refractivity contribution in [1.82, 2.24) is 9.97 Å². The number of aromatic nitrogens is 2. The molecule has 3 N–H and O–H groups in total. The molecule has 0 unspecified atom stereocenters. The zero-order chi connectivity index (χ0) is 9.68. The normalized spacial score (nSPS) is 10.5. The standard InChI is InChI=1S/C8H13N3O2/c1-6-2-9-8(10-3-6)11-7(4-12)5-13/h2-3,7,12-13H,4-5H2,1H3,(H,9,10,11). The molecule has 72 valence electrons. The van der Waals surface area contributed by atoms with Crippen LogP contribution in [-0.4, -0.2) is 39.4 Å². The van der Waals surface area contributed by atoms with Gasteiger partial charge in [0.1, 0.15) is 0 Å². The van der Waals surface area contributed by atoms with E-state index in [0.29, 0.717) is 5.95 Å². The van der Waals surface area contributed by atoms with Gasteiger partial charge in [0, 0.05) is 12.4 Å². The number of rotatable bonds is 4. The van der Waals surface area contributed by atoms with Crippen LogP contribution in [0.4, 0.5) is 5.95 Å². The fourth-order valence-corrected chi connectivity index (χ4v) is 0.799. The molecule has 0 bridgehead atoms. The SMILES string of the molecule is Cc1cnc(NC(CO)CO)nc1.